The summed E-state index contributed by atoms with van der Waals surface area (Å²) in [6, 6.07) is 5.67. The van der Waals surface area contributed by atoms with Gasteiger partial charge in [0.05, 0.1) is 6.42 Å². The molecule has 0 atom stereocenters. The molecular formula is C10H8F4. The molecule has 0 saturated heterocycles. The lowest BCUT2D eigenvalue weighted by Crippen LogP contribution is -2.03. The summed E-state index contributed by atoms with van der Waals surface area (Å²) in [6.07, 6.45) is -3.25. The molecule has 0 heterocycles. The van der Waals surface area contributed by atoms with Crippen LogP contribution >= 0.6 is 0 Å². The summed E-state index contributed by atoms with van der Waals surface area (Å²) in [5.74, 6) is -0.522. The first-order valence-corrected chi connectivity index (χ1v) is 3.97. The highest BCUT2D eigenvalue weighted by Crippen LogP contribution is 2.20. The molecule has 0 unspecified atom stereocenters. The van der Waals surface area contributed by atoms with Crippen LogP contribution in [0.25, 0.3) is 6.08 Å². The van der Waals surface area contributed by atoms with E-state index < -0.39 is 18.4 Å². The van der Waals surface area contributed by atoms with E-state index in [1.165, 1.54) is 18.2 Å². The Hall–Kier alpha value is -1.32. The van der Waals surface area contributed by atoms with Crippen LogP contribution in [0.2, 0.25) is 0 Å². The Bertz CT molecular complexity index is 325. The van der Waals surface area contributed by atoms with Crippen molar-refractivity contribution < 1.29 is 17.6 Å². The predicted octanol–water partition coefficient (Wildman–Crippen LogP) is 3.79. The van der Waals surface area contributed by atoms with Crippen molar-refractivity contribution in [3.8, 4) is 0 Å². The van der Waals surface area contributed by atoms with Crippen LogP contribution in [0, 0.1) is 5.82 Å². The van der Waals surface area contributed by atoms with Gasteiger partial charge in [0.15, 0.2) is 0 Å². The van der Waals surface area contributed by atoms with Crippen LogP contribution in [-0.2, 0) is 0 Å². The van der Waals surface area contributed by atoms with E-state index in [9.17, 15) is 17.6 Å². The zero-order chi connectivity index (χ0) is 10.6. The summed E-state index contributed by atoms with van der Waals surface area (Å²) >= 11 is 0. The lowest BCUT2D eigenvalue weighted by molar-refractivity contribution is -0.124. The first-order chi connectivity index (χ1) is 6.49. The highest BCUT2D eigenvalue weighted by Gasteiger charge is 2.24. The lowest BCUT2D eigenvalue weighted by atomic mass is 10.2. The molecule has 0 aliphatic heterocycles. The van der Waals surface area contributed by atoms with Crippen molar-refractivity contribution in [1.29, 1.82) is 0 Å². The highest BCUT2D eigenvalue weighted by molar-refractivity contribution is 5.49. The van der Waals surface area contributed by atoms with Crippen molar-refractivity contribution in [2.75, 3.05) is 0 Å². The molecule has 0 saturated carbocycles. The number of halogens is 4. The summed E-state index contributed by atoms with van der Waals surface area (Å²) in [4.78, 5) is 0. The van der Waals surface area contributed by atoms with Gasteiger partial charge in [-0.2, -0.15) is 13.2 Å². The highest BCUT2D eigenvalue weighted by atomic mass is 19.4. The van der Waals surface area contributed by atoms with E-state index in [0.717, 1.165) is 12.2 Å². The Morgan fingerprint density at radius 1 is 1.14 bits per heavy atom. The summed E-state index contributed by atoms with van der Waals surface area (Å²) in [7, 11) is 0. The van der Waals surface area contributed by atoms with Gasteiger partial charge in [-0.25, -0.2) is 4.39 Å². The zero-order valence-electron chi connectivity index (χ0n) is 7.18. The van der Waals surface area contributed by atoms with Gasteiger partial charge in [0, 0.05) is 5.56 Å². The third-order valence-corrected chi connectivity index (χ3v) is 1.55. The van der Waals surface area contributed by atoms with Crippen molar-refractivity contribution in [3.05, 3.63) is 41.7 Å². The monoisotopic (exact) mass is 204 g/mol. The van der Waals surface area contributed by atoms with Crippen LogP contribution in [0.3, 0.4) is 0 Å². The molecule has 0 N–H and O–H groups in total. The van der Waals surface area contributed by atoms with Crippen LogP contribution in [0.15, 0.2) is 30.3 Å². The van der Waals surface area contributed by atoms with Gasteiger partial charge >= 0.3 is 6.18 Å². The van der Waals surface area contributed by atoms with Gasteiger partial charge in [-0.3, -0.25) is 0 Å². The van der Waals surface area contributed by atoms with Crippen molar-refractivity contribution in [2.24, 2.45) is 0 Å². The van der Waals surface area contributed by atoms with Gasteiger partial charge in [0.25, 0.3) is 0 Å². The SMILES string of the molecule is Fc1ccccc1C=CCC(F)(F)F. The number of alkyl halides is 3. The quantitative estimate of drug-likeness (QED) is 0.643. The van der Waals surface area contributed by atoms with Crippen LogP contribution in [0.1, 0.15) is 12.0 Å². The molecule has 0 nitrogen and oxygen atoms in total. The predicted molar refractivity (Wildman–Crippen MR) is 46.1 cm³/mol. The average Bonchev–Trinajstić information content (AvgIpc) is 2.06. The van der Waals surface area contributed by atoms with Gasteiger partial charge in [0.1, 0.15) is 5.82 Å². The van der Waals surface area contributed by atoms with Crippen LogP contribution in [0.4, 0.5) is 17.6 Å². The van der Waals surface area contributed by atoms with Crippen molar-refractivity contribution in [1.82, 2.24) is 0 Å². The molecule has 0 radical (unpaired) electrons. The lowest BCUT2D eigenvalue weighted by Gasteiger charge is -2.00. The molecule has 1 rings (SSSR count). The molecule has 0 fully saturated rings. The molecule has 0 bridgehead atoms. The number of rotatable bonds is 2. The van der Waals surface area contributed by atoms with Crippen molar-refractivity contribution in [3.63, 3.8) is 0 Å². The number of hydrogen-bond donors (Lipinski definition) is 0. The van der Waals surface area contributed by atoms with Gasteiger partial charge in [0.2, 0.25) is 0 Å². The fraction of sp³-hybridized carbons (Fsp3) is 0.200. The van der Waals surface area contributed by atoms with Crippen LogP contribution in [-0.4, -0.2) is 6.18 Å². The fourth-order valence-corrected chi connectivity index (χ4v) is 0.930. The van der Waals surface area contributed by atoms with Crippen LogP contribution < -0.4 is 0 Å². The fourth-order valence-electron chi connectivity index (χ4n) is 0.930. The van der Waals surface area contributed by atoms with Gasteiger partial charge < -0.3 is 0 Å². The largest absolute Gasteiger partial charge is 0.392 e. The Morgan fingerprint density at radius 3 is 2.36 bits per heavy atom. The Morgan fingerprint density at radius 2 is 1.79 bits per heavy atom. The molecule has 1 aromatic rings. The minimum absolute atomic E-state index is 0.164. The summed E-state index contributed by atoms with van der Waals surface area (Å²) in [5.41, 5.74) is 0.164. The molecule has 14 heavy (non-hydrogen) atoms. The zero-order valence-corrected chi connectivity index (χ0v) is 7.18. The van der Waals surface area contributed by atoms with Gasteiger partial charge in [-0.1, -0.05) is 30.4 Å². The molecule has 0 aromatic heterocycles. The first-order valence-electron chi connectivity index (χ1n) is 3.97. The summed E-state index contributed by atoms with van der Waals surface area (Å²) in [6.45, 7) is 0. The maximum atomic E-state index is 12.9. The van der Waals surface area contributed by atoms with E-state index >= 15 is 0 Å². The Kier molecular flexibility index (Phi) is 3.28. The second-order valence-corrected chi connectivity index (χ2v) is 2.74. The van der Waals surface area contributed by atoms with E-state index in [4.69, 9.17) is 0 Å². The summed E-state index contributed by atoms with van der Waals surface area (Å²) in [5, 5.41) is 0. The van der Waals surface area contributed by atoms with E-state index in [2.05, 4.69) is 0 Å². The second kappa shape index (κ2) is 4.26. The minimum Gasteiger partial charge on any atom is -0.206 e. The van der Waals surface area contributed by atoms with Gasteiger partial charge in [-0.05, 0) is 6.07 Å². The number of allylic oxidation sites excluding steroid dienone is 1. The van der Waals surface area contributed by atoms with E-state index in [-0.39, 0.29) is 5.56 Å². The Labute approximate surface area is 78.9 Å². The van der Waals surface area contributed by atoms with E-state index in [1.54, 1.807) is 6.07 Å². The second-order valence-electron chi connectivity index (χ2n) is 2.74. The standard InChI is InChI=1S/C10H8F4/c11-9-6-2-1-4-8(9)5-3-7-10(12,13)14/h1-6H,7H2. The molecule has 0 aliphatic carbocycles. The molecule has 0 amide bonds. The van der Waals surface area contributed by atoms with Crippen LogP contribution in [0.5, 0.6) is 0 Å². The molecular weight excluding hydrogens is 196 g/mol. The third kappa shape index (κ3) is 3.60. The van der Waals surface area contributed by atoms with Gasteiger partial charge in [-0.15, -0.1) is 0 Å². The van der Waals surface area contributed by atoms with E-state index in [0.29, 0.717) is 0 Å². The molecule has 76 valence electrons. The van der Waals surface area contributed by atoms with Crippen molar-refractivity contribution >= 4 is 6.08 Å². The Balaban J connectivity index is 2.65. The third-order valence-electron chi connectivity index (χ3n) is 1.55. The number of hydrogen-bond acceptors (Lipinski definition) is 0. The number of benzene rings is 1. The average molecular weight is 204 g/mol. The first kappa shape index (κ1) is 10.8. The topological polar surface area (TPSA) is 0 Å². The summed E-state index contributed by atoms with van der Waals surface area (Å²) < 4.78 is 48.0. The maximum Gasteiger partial charge on any atom is 0.392 e. The van der Waals surface area contributed by atoms with Crippen molar-refractivity contribution in [2.45, 2.75) is 12.6 Å². The smallest absolute Gasteiger partial charge is 0.206 e. The van der Waals surface area contributed by atoms with E-state index in [1.807, 2.05) is 0 Å². The molecule has 1 aromatic carbocycles. The molecule has 4 heteroatoms. The maximum absolute atomic E-state index is 12.9. The minimum atomic E-state index is -4.23. The molecule has 0 aliphatic rings. The normalized spacial score (nSPS) is 12.3. The molecule has 0 spiro atoms.